The van der Waals surface area contributed by atoms with Crippen molar-refractivity contribution < 1.29 is 5.11 Å². The molecule has 2 unspecified atom stereocenters. The fourth-order valence-corrected chi connectivity index (χ4v) is 2.98. The largest absolute Gasteiger partial charge is 0.508 e. The number of benzene rings is 1. The van der Waals surface area contributed by atoms with Crippen LogP contribution in [0.4, 0.5) is 0 Å². The Kier molecular flexibility index (Phi) is 4.61. The molecule has 1 saturated heterocycles. The topological polar surface area (TPSA) is 49.5 Å². The minimum absolute atomic E-state index is 0.336. The van der Waals surface area contributed by atoms with Crippen molar-refractivity contribution in [1.29, 1.82) is 0 Å². The van der Waals surface area contributed by atoms with Gasteiger partial charge in [0.15, 0.2) is 0 Å². The number of piperidine rings is 1. The maximum atomic E-state index is 9.35. The van der Waals surface area contributed by atoms with E-state index < -0.39 is 0 Å². The van der Waals surface area contributed by atoms with E-state index in [1.807, 2.05) is 12.1 Å². The molecule has 0 aliphatic carbocycles. The summed E-state index contributed by atoms with van der Waals surface area (Å²) in [7, 11) is 0. The summed E-state index contributed by atoms with van der Waals surface area (Å²) in [6.07, 6.45) is 4.95. The van der Waals surface area contributed by atoms with Gasteiger partial charge >= 0.3 is 0 Å². The molecular weight excluding hydrogens is 224 g/mol. The minimum atomic E-state index is 0.336. The molecule has 2 atom stereocenters. The molecule has 0 aromatic heterocycles. The van der Waals surface area contributed by atoms with Crippen molar-refractivity contribution in [2.24, 2.45) is 5.73 Å². The Balaban J connectivity index is 2.09. The predicted octanol–water partition coefficient (Wildman–Crippen LogP) is 2.66. The van der Waals surface area contributed by atoms with Crippen LogP contribution in [0.25, 0.3) is 0 Å². The van der Waals surface area contributed by atoms with Crippen LogP contribution in [0.3, 0.4) is 0 Å². The van der Waals surface area contributed by atoms with E-state index in [0.717, 1.165) is 19.5 Å². The third kappa shape index (κ3) is 3.03. The Morgan fingerprint density at radius 3 is 2.72 bits per heavy atom. The van der Waals surface area contributed by atoms with Crippen molar-refractivity contribution in [3.63, 3.8) is 0 Å². The maximum Gasteiger partial charge on any atom is 0.115 e. The van der Waals surface area contributed by atoms with Crippen LogP contribution in [0.2, 0.25) is 0 Å². The summed E-state index contributed by atoms with van der Waals surface area (Å²) >= 11 is 0. The normalized spacial score (nSPS) is 22.9. The lowest BCUT2D eigenvalue weighted by molar-refractivity contribution is 0.0984. The first kappa shape index (κ1) is 13.4. The van der Waals surface area contributed by atoms with Crippen LogP contribution >= 0.6 is 0 Å². The molecule has 18 heavy (non-hydrogen) atoms. The Hall–Kier alpha value is -1.06. The number of rotatable bonds is 4. The summed E-state index contributed by atoms with van der Waals surface area (Å²) in [4.78, 5) is 2.57. The van der Waals surface area contributed by atoms with Gasteiger partial charge in [-0.1, -0.05) is 18.6 Å². The van der Waals surface area contributed by atoms with Gasteiger partial charge in [0.1, 0.15) is 5.75 Å². The highest BCUT2D eigenvalue weighted by atomic mass is 16.3. The Bertz CT molecular complexity index is 361. The third-order valence-electron chi connectivity index (χ3n) is 4.05. The van der Waals surface area contributed by atoms with Crippen molar-refractivity contribution >= 4 is 0 Å². The molecule has 1 aromatic rings. The average Bonchev–Trinajstić information content (AvgIpc) is 2.40. The van der Waals surface area contributed by atoms with Gasteiger partial charge in [0.25, 0.3) is 0 Å². The van der Waals surface area contributed by atoms with Crippen molar-refractivity contribution in [3.05, 3.63) is 29.8 Å². The Morgan fingerprint density at radius 2 is 2.06 bits per heavy atom. The zero-order valence-corrected chi connectivity index (χ0v) is 11.2. The molecule has 100 valence electrons. The maximum absolute atomic E-state index is 9.35. The third-order valence-corrected chi connectivity index (χ3v) is 4.05. The molecule has 3 heteroatoms. The zero-order valence-electron chi connectivity index (χ0n) is 11.2. The molecule has 0 amide bonds. The quantitative estimate of drug-likeness (QED) is 0.861. The predicted molar refractivity (Wildman–Crippen MR) is 74.5 cm³/mol. The number of hydrogen-bond acceptors (Lipinski definition) is 3. The van der Waals surface area contributed by atoms with Gasteiger partial charge in [0.05, 0.1) is 0 Å². The molecule has 0 bridgehead atoms. The highest BCUT2D eigenvalue weighted by molar-refractivity contribution is 5.27. The van der Waals surface area contributed by atoms with Crippen LogP contribution in [-0.4, -0.2) is 29.1 Å². The van der Waals surface area contributed by atoms with Gasteiger partial charge in [-0.15, -0.1) is 0 Å². The molecule has 1 fully saturated rings. The van der Waals surface area contributed by atoms with Crippen molar-refractivity contribution in [2.75, 3.05) is 13.1 Å². The molecule has 1 aromatic carbocycles. The highest BCUT2D eigenvalue weighted by Crippen LogP contribution is 2.30. The van der Waals surface area contributed by atoms with Gasteiger partial charge in [0.2, 0.25) is 0 Å². The van der Waals surface area contributed by atoms with Crippen LogP contribution in [0.5, 0.6) is 5.75 Å². The lowest BCUT2D eigenvalue weighted by atomic mass is 9.95. The van der Waals surface area contributed by atoms with Gasteiger partial charge in [0, 0.05) is 12.1 Å². The number of phenols is 1. The molecule has 3 N–H and O–H groups in total. The molecule has 0 radical (unpaired) electrons. The lowest BCUT2D eigenvalue weighted by Crippen LogP contribution is -2.42. The van der Waals surface area contributed by atoms with E-state index in [1.54, 1.807) is 12.1 Å². The summed E-state index contributed by atoms with van der Waals surface area (Å²) in [5.41, 5.74) is 7.00. The van der Waals surface area contributed by atoms with Gasteiger partial charge in [-0.3, -0.25) is 4.90 Å². The van der Waals surface area contributed by atoms with E-state index in [1.165, 1.54) is 24.8 Å². The van der Waals surface area contributed by atoms with Crippen LogP contribution in [0.1, 0.15) is 44.2 Å². The van der Waals surface area contributed by atoms with Gasteiger partial charge in [-0.2, -0.15) is 0 Å². The second kappa shape index (κ2) is 6.21. The van der Waals surface area contributed by atoms with Crippen molar-refractivity contribution in [3.8, 4) is 5.75 Å². The van der Waals surface area contributed by atoms with E-state index in [2.05, 4.69) is 11.8 Å². The standard InChI is InChI=1S/C15H24N2O/c1-12(13-5-7-15(18)8-6-13)17-11-3-2-4-14(17)9-10-16/h5-8,12,14,18H,2-4,9-11,16H2,1H3. The van der Waals surface area contributed by atoms with Gasteiger partial charge in [-0.05, 0) is 57.0 Å². The molecule has 3 nitrogen and oxygen atoms in total. The van der Waals surface area contributed by atoms with Gasteiger partial charge < -0.3 is 10.8 Å². The fourth-order valence-electron chi connectivity index (χ4n) is 2.98. The summed E-state index contributed by atoms with van der Waals surface area (Å²) < 4.78 is 0. The van der Waals surface area contributed by atoms with Crippen LogP contribution in [-0.2, 0) is 0 Å². The second-order valence-electron chi connectivity index (χ2n) is 5.23. The monoisotopic (exact) mass is 248 g/mol. The first-order valence-electron chi connectivity index (χ1n) is 6.97. The van der Waals surface area contributed by atoms with Crippen molar-refractivity contribution in [1.82, 2.24) is 4.90 Å². The number of hydrogen-bond donors (Lipinski definition) is 2. The summed E-state index contributed by atoms with van der Waals surface area (Å²) in [6, 6.07) is 8.61. The number of aromatic hydroxyl groups is 1. The molecule has 1 aliphatic heterocycles. The average molecular weight is 248 g/mol. The SMILES string of the molecule is CC(c1ccc(O)cc1)N1CCCCC1CCN. The van der Waals surface area contributed by atoms with E-state index in [9.17, 15) is 5.11 Å². The zero-order chi connectivity index (χ0) is 13.0. The van der Waals surface area contributed by atoms with Crippen LogP contribution in [0.15, 0.2) is 24.3 Å². The van der Waals surface area contributed by atoms with Gasteiger partial charge in [-0.25, -0.2) is 0 Å². The van der Waals surface area contributed by atoms with Crippen LogP contribution in [0, 0.1) is 0 Å². The number of phenolic OH excluding ortho intramolecular Hbond substituents is 1. The molecule has 2 rings (SSSR count). The van der Waals surface area contributed by atoms with Crippen molar-refractivity contribution in [2.45, 2.75) is 44.7 Å². The number of nitrogens with zero attached hydrogens (tertiary/aromatic N) is 1. The molecule has 0 spiro atoms. The fraction of sp³-hybridized carbons (Fsp3) is 0.600. The Labute approximate surface area is 110 Å². The smallest absolute Gasteiger partial charge is 0.115 e. The first-order valence-corrected chi connectivity index (χ1v) is 6.97. The second-order valence-corrected chi connectivity index (χ2v) is 5.23. The number of nitrogens with two attached hydrogens (primary N) is 1. The number of likely N-dealkylation sites (tertiary alicyclic amines) is 1. The van der Waals surface area contributed by atoms with Crippen LogP contribution < -0.4 is 5.73 Å². The summed E-state index contributed by atoms with van der Waals surface area (Å²) in [5.74, 6) is 0.336. The summed E-state index contributed by atoms with van der Waals surface area (Å²) in [5, 5.41) is 9.35. The first-order chi connectivity index (χ1) is 8.72. The molecule has 1 aliphatic rings. The highest BCUT2D eigenvalue weighted by Gasteiger charge is 2.26. The van der Waals surface area contributed by atoms with E-state index in [0.29, 0.717) is 17.8 Å². The lowest BCUT2D eigenvalue weighted by Gasteiger charge is -2.40. The minimum Gasteiger partial charge on any atom is -0.508 e. The molecule has 0 saturated carbocycles. The van der Waals surface area contributed by atoms with E-state index >= 15 is 0 Å². The molecule has 1 heterocycles. The van der Waals surface area contributed by atoms with E-state index in [4.69, 9.17) is 5.73 Å². The van der Waals surface area contributed by atoms with E-state index in [-0.39, 0.29) is 0 Å². The Morgan fingerprint density at radius 1 is 1.33 bits per heavy atom. The molecular formula is C15H24N2O. The summed E-state index contributed by atoms with van der Waals surface area (Å²) in [6.45, 7) is 4.18.